The summed E-state index contributed by atoms with van der Waals surface area (Å²) in [6.45, 7) is 3.19. The maximum atomic E-state index is 13.6. The topological polar surface area (TPSA) is 93.7 Å². The normalized spacial score (nSPS) is 13.8. The lowest BCUT2D eigenvalue weighted by molar-refractivity contribution is -0.117. The van der Waals surface area contributed by atoms with E-state index in [4.69, 9.17) is 4.98 Å². The fraction of sp³-hybridized carbons (Fsp3) is 0.200. The molecule has 8 heteroatoms. The van der Waals surface area contributed by atoms with Crippen LogP contribution in [0.3, 0.4) is 0 Å². The molecule has 2 aromatic heterocycles. The monoisotopic (exact) mass is 504 g/mol. The Labute approximate surface area is 221 Å². The van der Waals surface area contributed by atoms with Gasteiger partial charge in [0.05, 0.1) is 5.56 Å². The third-order valence-corrected chi connectivity index (χ3v) is 6.65. The molecule has 2 aromatic carbocycles. The van der Waals surface area contributed by atoms with Gasteiger partial charge in [-0.1, -0.05) is 54.6 Å². The van der Waals surface area contributed by atoms with Crippen molar-refractivity contribution in [3.8, 4) is 6.07 Å². The molecule has 1 N–H and O–H groups in total. The van der Waals surface area contributed by atoms with Crippen LogP contribution in [0.4, 0.5) is 11.5 Å². The van der Waals surface area contributed by atoms with E-state index in [1.54, 1.807) is 18.3 Å². The minimum absolute atomic E-state index is 0.128. The number of para-hydroxylation sites is 1. The van der Waals surface area contributed by atoms with Crippen molar-refractivity contribution < 1.29 is 4.79 Å². The van der Waals surface area contributed by atoms with Crippen LogP contribution >= 0.6 is 0 Å². The zero-order chi connectivity index (χ0) is 26.3. The summed E-state index contributed by atoms with van der Waals surface area (Å²) >= 11 is 0. The van der Waals surface area contributed by atoms with E-state index in [1.165, 1.54) is 10.5 Å². The van der Waals surface area contributed by atoms with Gasteiger partial charge in [-0.2, -0.15) is 5.26 Å². The third-order valence-electron chi connectivity index (χ3n) is 6.65. The van der Waals surface area contributed by atoms with Crippen LogP contribution in [-0.4, -0.2) is 48.0 Å². The van der Waals surface area contributed by atoms with Gasteiger partial charge in [0, 0.05) is 44.6 Å². The molecule has 1 saturated heterocycles. The van der Waals surface area contributed by atoms with Crippen molar-refractivity contribution in [1.29, 1.82) is 5.26 Å². The molecule has 0 spiro atoms. The number of fused-ring (bicyclic) bond motifs is 1. The van der Waals surface area contributed by atoms with Gasteiger partial charge in [-0.25, -0.2) is 4.98 Å². The first kappa shape index (κ1) is 24.8. The first-order valence-corrected chi connectivity index (χ1v) is 12.6. The van der Waals surface area contributed by atoms with Crippen LogP contribution in [0, 0.1) is 11.3 Å². The highest BCUT2D eigenvalue weighted by atomic mass is 16.1. The SMILES string of the molecule is N#C/C(=C\c1c(N2CCN(c3ccccc3)CC2)nc2ccccn2c1=O)C(=O)NCCc1ccccc1. The zero-order valence-corrected chi connectivity index (χ0v) is 21.0. The van der Waals surface area contributed by atoms with E-state index in [2.05, 4.69) is 27.2 Å². The molecule has 8 nitrogen and oxygen atoms in total. The number of hydrogen-bond donors (Lipinski definition) is 1. The molecule has 1 aliphatic heterocycles. The van der Waals surface area contributed by atoms with E-state index < -0.39 is 5.91 Å². The Hall–Kier alpha value is -4.90. The molecule has 190 valence electrons. The molecule has 5 rings (SSSR count). The Bertz CT molecular complexity index is 1550. The van der Waals surface area contributed by atoms with Crippen molar-refractivity contribution in [1.82, 2.24) is 14.7 Å². The molecule has 0 saturated carbocycles. The fourth-order valence-corrected chi connectivity index (χ4v) is 4.63. The van der Waals surface area contributed by atoms with Gasteiger partial charge in [0.2, 0.25) is 0 Å². The van der Waals surface area contributed by atoms with E-state index >= 15 is 0 Å². The number of amides is 1. The first-order chi connectivity index (χ1) is 18.6. The van der Waals surface area contributed by atoms with Crippen molar-refractivity contribution in [2.24, 2.45) is 0 Å². The number of pyridine rings is 1. The highest BCUT2D eigenvalue weighted by Crippen LogP contribution is 2.23. The van der Waals surface area contributed by atoms with Gasteiger partial charge in [0.1, 0.15) is 23.1 Å². The van der Waals surface area contributed by atoms with Gasteiger partial charge >= 0.3 is 0 Å². The number of carbonyl (C=O) groups excluding carboxylic acids is 1. The molecule has 4 aromatic rings. The summed E-state index contributed by atoms with van der Waals surface area (Å²) in [5.41, 5.74) is 2.54. The summed E-state index contributed by atoms with van der Waals surface area (Å²) in [5.74, 6) is -0.0282. The molecular weight excluding hydrogens is 476 g/mol. The lowest BCUT2D eigenvalue weighted by Crippen LogP contribution is -2.47. The van der Waals surface area contributed by atoms with Gasteiger partial charge in [0.25, 0.3) is 11.5 Å². The van der Waals surface area contributed by atoms with E-state index in [1.807, 2.05) is 60.7 Å². The number of carbonyl (C=O) groups is 1. The first-order valence-electron chi connectivity index (χ1n) is 12.6. The Morgan fingerprint density at radius 1 is 0.921 bits per heavy atom. The predicted molar refractivity (Wildman–Crippen MR) is 149 cm³/mol. The Kier molecular flexibility index (Phi) is 7.46. The molecular formula is C30H28N6O2. The Morgan fingerprint density at radius 3 is 2.29 bits per heavy atom. The molecule has 3 heterocycles. The molecule has 0 atom stereocenters. The van der Waals surface area contributed by atoms with Gasteiger partial charge in [-0.3, -0.25) is 14.0 Å². The lowest BCUT2D eigenvalue weighted by Gasteiger charge is -2.37. The second-order valence-electron chi connectivity index (χ2n) is 9.05. The van der Waals surface area contributed by atoms with Crippen molar-refractivity contribution in [3.05, 3.63) is 112 Å². The minimum atomic E-state index is -0.513. The highest BCUT2D eigenvalue weighted by Gasteiger charge is 2.23. The minimum Gasteiger partial charge on any atom is -0.368 e. The van der Waals surface area contributed by atoms with E-state index in [9.17, 15) is 14.9 Å². The second-order valence-corrected chi connectivity index (χ2v) is 9.05. The summed E-state index contributed by atoms with van der Waals surface area (Å²) in [4.78, 5) is 35.6. The average molecular weight is 505 g/mol. The van der Waals surface area contributed by atoms with Crippen LogP contribution in [0.15, 0.2) is 95.4 Å². The van der Waals surface area contributed by atoms with E-state index in [-0.39, 0.29) is 16.7 Å². The summed E-state index contributed by atoms with van der Waals surface area (Å²) in [5, 5.41) is 12.6. The molecule has 38 heavy (non-hydrogen) atoms. The Morgan fingerprint density at radius 2 is 1.58 bits per heavy atom. The van der Waals surface area contributed by atoms with Gasteiger partial charge in [-0.05, 0) is 42.3 Å². The smallest absolute Gasteiger partial charge is 0.267 e. The van der Waals surface area contributed by atoms with Crippen molar-refractivity contribution in [3.63, 3.8) is 0 Å². The number of piperazine rings is 1. The average Bonchev–Trinajstić information content (AvgIpc) is 2.98. The van der Waals surface area contributed by atoms with Crippen LogP contribution in [0.25, 0.3) is 11.7 Å². The number of benzene rings is 2. The molecule has 1 fully saturated rings. The lowest BCUT2D eigenvalue weighted by atomic mass is 10.1. The molecule has 1 aliphatic rings. The van der Waals surface area contributed by atoms with Crippen LogP contribution < -0.4 is 20.7 Å². The summed E-state index contributed by atoms with van der Waals surface area (Å²) in [7, 11) is 0. The van der Waals surface area contributed by atoms with Gasteiger partial charge in [0.15, 0.2) is 0 Å². The maximum absolute atomic E-state index is 13.6. The standard InChI is InChI=1S/C30H28N6O2/c31-22-24(29(37)32-15-14-23-9-3-1-4-10-23)21-26-28(33-27-13-7-8-16-36(27)30(26)38)35-19-17-34(18-20-35)25-11-5-2-6-12-25/h1-13,16,21H,14-15,17-20H2,(H,32,37)/b24-21+. The molecule has 0 unspecified atom stereocenters. The number of nitrogens with zero attached hydrogens (tertiary/aromatic N) is 5. The molecule has 0 bridgehead atoms. The number of rotatable bonds is 7. The highest BCUT2D eigenvalue weighted by molar-refractivity contribution is 6.02. The molecule has 0 radical (unpaired) electrons. The predicted octanol–water partition coefficient (Wildman–Crippen LogP) is 3.29. The second kappa shape index (κ2) is 11.4. The molecule has 1 amide bonds. The van der Waals surface area contributed by atoms with Gasteiger partial charge in [-0.15, -0.1) is 0 Å². The van der Waals surface area contributed by atoms with E-state index in [0.717, 1.165) is 24.3 Å². The van der Waals surface area contributed by atoms with Crippen molar-refractivity contribution in [2.75, 3.05) is 42.5 Å². The van der Waals surface area contributed by atoms with E-state index in [0.29, 0.717) is 37.5 Å². The van der Waals surface area contributed by atoms with Gasteiger partial charge < -0.3 is 15.1 Å². The number of anilines is 2. The zero-order valence-electron chi connectivity index (χ0n) is 21.0. The molecule has 0 aliphatic carbocycles. The quantitative estimate of drug-likeness (QED) is 0.307. The Balaban J connectivity index is 1.42. The summed E-state index contributed by atoms with van der Waals surface area (Å²) < 4.78 is 1.44. The third kappa shape index (κ3) is 5.42. The van der Waals surface area contributed by atoms with Crippen LogP contribution in [-0.2, 0) is 11.2 Å². The number of nitriles is 1. The summed E-state index contributed by atoms with van der Waals surface area (Å²) in [6.07, 6.45) is 3.67. The number of nitrogens with one attached hydrogen (secondary N) is 1. The van der Waals surface area contributed by atoms with Crippen LogP contribution in [0.1, 0.15) is 11.1 Å². The number of aromatic nitrogens is 2. The van der Waals surface area contributed by atoms with Crippen LogP contribution in [0.2, 0.25) is 0 Å². The maximum Gasteiger partial charge on any atom is 0.267 e. The van der Waals surface area contributed by atoms with Crippen LogP contribution in [0.5, 0.6) is 0 Å². The number of hydrogen-bond acceptors (Lipinski definition) is 6. The van der Waals surface area contributed by atoms with Crippen molar-refractivity contribution >= 4 is 29.1 Å². The summed E-state index contributed by atoms with van der Waals surface area (Å²) in [6, 6.07) is 27.3. The van der Waals surface area contributed by atoms with Crippen molar-refractivity contribution in [2.45, 2.75) is 6.42 Å². The fourth-order valence-electron chi connectivity index (χ4n) is 4.63. The largest absolute Gasteiger partial charge is 0.368 e.